The number of aryl methyl sites for hydroxylation is 1. The Labute approximate surface area is 154 Å². The van der Waals surface area contributed by atoms with E-state index in [1.54, 1.807) is 0 Å². The first-order chi connectivity index (χ1) is 12.5. The zero-order chi connectivity index (χ0) is 18.7. The summed E-state index contributed by atoms with van der Waals surface area (Å²) in [6.45, 7) is 5.56. The fraction of sp³-hybridized carbons (Fsp3) is 0.450. The standard InChI is InChI=1S/C20H26N4O2/c1-4-19(25)21-12-18-22-16-8-9-24(13-17(16)23(18)3)20(26)11-15-7-5-6-14(2)10-15/h5-7,10H,4,8-9,11-13H2,1-3H3,(H,21,25). The molecule has 0 radical (unpaired) electrons. The van der Waals surface area contributed by atoms with E-state index in [9.17, 15) is 9.59 Å². The van der Waals surface area contributed by atoms with E-state index in [1.807, 2.05) is 48.6 Å². The number of imidazole rings is 1. The van der Waals surface area contributed by atoms with E-state index in [0.29, 0.717) is 32.5 Å². The van der Waals surface area contributed by atoms with Crippen molar-refractivity contribution in [2.45, 2.75) is 46.2 Å². The Hall–Kier alpha value is -2.63. The number of amides is 2. The molecule has 2 aromatic rings. The highest BCUT2D eigenvalue weighted by Gasteiger charge is 2.25. The molecular weight excluding hydrogens is 328 g/mol. The maximum atomic E-state index is 12.7. The molecule has 2 heterocycles. The van der Waals surface area contributed by atoms with Crippen molar-refractivity contribution in [3.8, 4) is 0 Å². The van der Waals surface area contributed by atoms with Gasteiger partial charge in [0.2, 0.25) is 11.8 Å². The van der Waals surface area contributed by atoms with Crippen LogP contribution in [0.15, 0.2) is 24.3 Å². The molecule has 1 N–H and O–H groups in total. The second-order valence-electron chi connectivity index (χ2n) is 6.84. The lowest BCUT2D eigenvalue weighted by Gasteiger charge is -2.27. The number of fused-ring (bicyclic) bond motifs is 1. The van der Waals surface area contributed by atoms with Crippen LogP contribution in [-0.4, -0.2) is 32.8 Å². The molecule has 1 aliphatic heterocycles. The van der Waals surface area contributed by atoms with Crippen LogP contribution in [0.3, 0.4) is 0 Å². The van der Waals surface area contributed by atoms with Gasteiger partial charge in [-0.15, -0.1) is 0 Å². The van der Waals surface area contributed by atoms with Gasteiger partial charge in [0.15, 0.2) is 0 Å². The molecule has 1 aliphatic rings. The van der Waals surface area contributed by atoms with Crippen molar-refractivity contribution in [1.82, 2.24) is 19.8 Å². The van der Waals surface area contributed by atoms with E-state index in [2.05, 4.69) is 16.4 Å². The summed E-state index contributed by atoms with van der Waals surface area (Å²) in [6, 6.07) is 8.09. The number of carbonyl (C=O) groups is 2. The van der Waals surface area contributed by atoms with E-state index in [1.165, 1.54) is 5.56 Å². The van der Waals surface area contributed by atoms with E-state index in [0.717, 1.165) is 29.2 Å². The number of benzene rings is 1. The van der Waals surface area contributed by atoms with Crippen LogP contribution >= 0.6 is 0 Å². The van der Waals surface area contributed by atoms with Crippen molar-refractivity contribution in [2.75, 3.05) is 6.54 Å². The highest BCUT2D eigenvalue weighted by Crippen LogP contribution is 2.20. The lowest BCUT2D eigenvalue weighted by molar-refractivity contribution is -0.131. The quantitative estimate of drug-likeness (QED) is 0.891. The highest BCUT2D eigenvalue weighted by atomic mass is 16.2. The molecule has 0 aliphatic carbocycles. The Bertz CT molecular complexity index is 825. The largest absolute Gasteiger partial charge is 0.349 e. The molecule has 0 unspecified atom stereocenters. The average molecular weight is 354 g/mol. The van der Waals surface area contributed by atoms with E-state index >= 15 is 0 Å². The molecule has 6 nitrogen and oxygen atoms in total. The predicted octanol–water partition coefficient (Wildman–Crippen LogP) is 1.88. The van der Waals surface area contributed by atoms with Gasteiger partial charge in [-0.1, -0.05) is 36.8 Å². The van der Waals surface area contributed by atoms with Gasteiger partial charge in [0.25, 0.3) is 0 Å². The Morgan fingerprint density at radius 1 is 1.31 bits per heavy atom. The summed E-state index contributed by atoms with van der Waals surface area (Å²) in [7, 11) is 1.95. The van der Waals surface area contributed by atoms with Gasteiger partial charge in [-0.05, 0) is 12.5 Å². The predicted molar refractivity (Wildman–Crippen MR) is 99.3 cm³/mol. The maximum Gasteiger partial charge on any atom is 0.227 e. The first kappa shape index (κ1) is 18.2. The molecule has 1 aromatic carbocycles. The topological polar surface area (TPSA) is 67.2 Å². The third-order valence-corrected chi connectivity index (χ3v) is 4.90. The van der Waals surface area contributed by atoms with Crippen molar-refractivity contribution in [1.29, 1.82) is 0 Å². The third kappa shape index (κ3) is 3.95. The normalized spacial score (nSPS) is 13.4. The summed E-state index contributed by atoms with van der Waals surface area (Å²) in [4.78, 5) is 30.7. The number of hydrogen-bond donors (Lipinski definition) is 1. The molecule has 0 saturated heterocycles. The molecule has 0 atom stereocenters. The number of nitrogens with one attached hydrogen (secondary N) is 1. The van der Waals surface area contributed by atoms with Crippen molar-refractivity contribution < 1.29 is 9.59 Å². The van der Waals surface area contributed by atoms with Crippen LogP contribution in [0, 0.1) is 6.92 Å². The summed E-state index contributed by atoms with van der Waals surface area (Å²) in [5, 5.41) is 2.87. The van der Waals surface area contributed by atoms with Crippen molar-refractivity contribution >= 4 is 11.8 Å². The van der Waals surface area contributed by atoms with Crippen LogP contribution in [0.1, 0.15) is 41.7 Å². The molecule has 26 heavy (non-hydrogen) atoms. The summed E-state index contributed by atoms with van der Waals surface area (Å²) >= 11 is 0. The molecule has 0 bridgehead atoms. The first-order valence-electron chi connectivity index (χ1n) is 9.11. The number of carbonyl (C=O) groups excluding carboxylic acids is 2. The van der Waals surface area contributed by atoms with E-state index < -0.39 is 0 Å². The minimum atomic E-state index is 0.0148. The molecule has 2 amide bonds. The Kier molecular flexibility index (Phi) is 5.40. The Balaban J connectivity index is 1.68. The second-order valence-corrected chi connectivity index (χ2v) is 6.84. The zero-order valence-electron chi connectivity index (χ0n) is 15.7. The molecular formula is C20H26N4O2. The monoisotopic (exact) mass is 354 g/mol. The van der Waals surface area contributed by atoms with Crippen molar-refractivity contribution in [2.24, 2.45) is 7.05 Å². The molecule has 3 rings (SSSR count). The van der Waals surface area contributed by atoms with Crippen LogP contribution in [0.2, 0.25) is 0 Å². The van der Waals surface area contributed by atoms with Crippen LogP contribution in [0.5, 0.6) is 0 Å². The molecule has 0 spiro atoms. The highest BCUT2D eigenvalue weighted by molar-refractivity contribution is 5.79. The zero-order valence-corrected chi connectivity index (χ0v) is 15.7. The number of hydrogen-bond acceptors (Lipinski definition) is 3. The van der Waals surface area contributed by atoms with Gasteiger partial charge in [0.05, 0.1) is 30.9 Å². The van der Waals surface area contributed by atoms with Crippen molar-refractivity contribution in [3.63, 3.8) is 0 Å². The van der Waals surface area contributed by atoms with Crippen molar-refractivity contribution in [3.05, 3.63) is 52.6 Å². The van der Waals surface area contributed by atoms with E-state index in [4.69, 9.17) is 0 Å². The molecule has 0 fully saturated rings. The van der Waals surface area contributed by atoms with Gasteiger partial charge in [0, 0.05) is 26.4 Å². The first-order valence-corrected chi connectivity index (χ1v) is 9.11. The van der Waals surface area contributed by atoms with Gasteiger partial charge >= 0.3 is 0 Å². The minimum absolute atomic E-state index is 0.0148. The SMILES string of the molecule is CCC(=O)NCc1nc2c(n1C)CN(C(=O)Cc1cccc(C)c1)CC2. The molecule has 1 aromatic heterocycles. The Morgan fingerprint density at radius 3 is 2.85 bits per heavy atom. The number of rotatable bonds is 5. The van der Waals surface area contributed by atoms with Gasteiger partial charge in [0.1, 0.15) is 5.82 Å². The maximum absolute atomic E-state index is 12.7. The van der Waals surface area contributed by atoms with Crippen LogP contribution in [0.25, 0.3) is 0 Å². The average Bonchev–Trinajstić information content (AvgIpc) is 2.95. The number of aromatic nitrogens is 2. The summed E-state index contributed by atoms with van der Waals surface area (Å²) in [5.41, 5.74) is 4.32. The van der Waals surface area contributed by atoms with Crippen LogP contribution < -0.4 is 5.32 Å². The van der Waals surface area contributed by atoms with E-state index in [-0.39, 0.29) is 11.8 Å². The summed E-state index contributed by atoms with van der Waals surface area (Å²) < 4.78 is 2.01. The molecule has 6 heteroatoms. The molecule has 138 valence electrons. The lowest BCUT2D eigenvalue weighted by Crippen LogP contribution is -2.37. The van der Waals surface area contributed by atoms with Crippen LogP contribution in [0.4, 0.5) is 0 Å². The van der Waals surface area contributed by atoms with Gasteiger partial charge in [-0.2, -0.15) is 0 Å². The fourth-order valence-corrected chi connectivity index (χ4v) is 3.33. The van der Waals surface area contributed by atoms with Gasteiger partial charge in [-0.25, -0.2) is 4.98 Å². The third-order valence-electron chi connectivity index (χ3n) is 4.90. The van der Waals surface area contributed by atoms with Crippen LogP contribution in [-0.2, 0) is 42.6 Å². The lowest BCUT2D eigenvalue weighted by atomic mass is 10.1. The van der Waals surface area contributed by atoms with Gasteiger partial charge < -0.3 is 14.8 Å². The fourth-order valence-electron chi connectivity index (χ4n) is 3.33. The number of nitrogens with zero attached hydrogens (tertiary/aromatic N) is 3. The van der Waals surface area contributed by atoms with Gasteiger partial charge in [-0.3, -0.25) is 9.59 Å². The summed E-state index contributed by atoms with van der Waals surface area (Å²) in [6.07, 6.45) is 1.64. The minimum Gasteiger partial charge on any atom is -0.349 e. The second kappa shape index (κ2) is 7.72. The smallest absolute Gasteiger partial charge is 0.227 e. The molecule has 0 saturated carbocycles. The summed E-state index contributed by atoms with van der Waals surface area (Å²) in [5.74, 6) is 0.994. The Morgan fingerprint density at radius 2 is 2.12 bits per heavy atom.